The van der Waals surface area contributed by atoms with Crippen LogP contribution < -0.4 is 5.32 Å². The van der Waals surface area contributed by atoms with E-state index in [0.29, 0.717) is 5.41 Å². The Morgan fingerprint density at radius 1 is 0.905 bits per heavy atom. The maximum absolute atomic E-state index is 11.3. The highest BCUT2D eigenvalue weighted by molar-refractivity contribution is 6.27. The molecule has 126 valence electrons. The average Bonchev–Trinajstić information content (AvgIpc) is 2.48. The van der Waals surface area contributed by atoms with Crippen LogP contribution in [0.3, 0.4) is 0 Å². The molecule has 0 aromatic carbocycles. The molecule has 0 atom stereocenters. The summed E-state index contributed by atoms with van der Waals surface area (Å²) >= 11 is 5.53. The molecule has 2 nitrogen and oxygen atoms in total. The summed E-state index contributed by atoms with van der Waals surface area (Å²) < 4.78 is 0. The molecule has 0 rings (SSSR count). The Balaban J connectivity index is 4.13. The van der Waals surface area contributed by atoms with Gasteiger partial charge >= 0.3 is 0 Å². The van der Waals surface area contributed by atoms with Crippen molar-refractivity contribution >= 4 is 17.5 Å². The second-order valence-electron chi connectivity index (χ2n) is 6.67. The Bertz CT molecular complexity index is 244. The first-order chi connectivity index (χ1) is 10.1. The summed E-state index contributed by atoms with van der Waals surface area (Å²) in [5.74, 6) is 0.0277. The van der Waals surface area contributed by atoms with E-state index < -0.39 is 0 Å². The Hall–Kier alpha value is -0.240. The fraction of sp³-hybridized carbons (Fsp3) is 0.944. The minimum atomic E-state index is -0.0454. The Morgan fingerprint density at radius 2 is 1.43 bits per heavy atom. The molecule has 0 saturated heterocycles. The van der Waals surface area contributed by atoms with E-state index in [2.05, 4.69) is 26.1 Å². The van der Waals surface area contributed by atoms with Crippen LogP contribution in [0.1, 0.15) is 91.4 Å². The van der Waals surface area contributed by atoms with E-state index in [1.807, 2.05) is 0 Å². The molecular formula is C18H36ClNO. The summed E-state index contributed by atoms with van der Waals surface area (Å²) in [7, 11) is 0. The third kappa shape index (κ3) is 12.0. The van der Waals surface area contributed by atoms with Crippen LogP contribution in [0.4, 0.5) is 0 Å². The molecule has 0 saturated carbocycles. The fourth-order valence-corrected chi connectivity index (χ4v) is 2.98. The third-order valence-corrected chi connectivity index (χ3v) is 4.68. The smallest absolute Gasteiger partial charge is 0.234 e. The van der Waals surface area contributed by atoms with E-state index in [1.165, 1.54) is 64.2 Å². The molecular weight excluding hydrogens is 282 g/mol. The van der Waals surface area contributed by atoms with Gasteiger partial charge in [-0.2, -0.15) is 0 Å². The summed E-state index contributed by atoms with van der Waals surface area (Å²) in [6.45, 7) is 7.68. The predicted molar refractivity (Wildman–Crippen MR) is 94.0 cm³/mol. The van der Waals surface area contributed by atoms with Gasteiger partial charge in [0, 0.05) is 6.54 Å². The molecule has 21 heavy (non-hydrogen) atoms. The molecule has 0 aliphatic heterocycles. The largest absolute Gasteiger partial charge is 0.355 e. The van der Waals surface area contributed by atoms with Crippen LogP contribution in [0.25, 0.3) is 0 Å². The van der Waals surface area contributed by atoms with Gasteiger partial charge in [-0.15, -0.1) is 11.6 Å². The van der Waals surface area contributed by atoms with Gasteiger partial charge in [-0.1, -0.05) is 72.1 Å². The predicted octanol–water partition coefficient (Wildman–Crippen LogP) is 5.68. The van der Waals surface area contributed by atoms with E-state index in [0.717, 1.165) is 13.0 Å². The zero-order valence-electron chi connectivity index (χ0n) is 14.5. The topological polar surface area (TPSA) is 29.1 Å². The lowest BCUT2D eigenvalue weighted by Gasteiger charge is -2.30. The van der Waals surface area contributed by atoms with Crippen molar-refractivity contribution in [1.82, 2.24) is 5.32 Å². The first-order valence-electron chi connectivity index (χ1n) is 8.90. The van der Waals surface area contributed by atoms with Gasteiger partial charge in [0.25, 0.3) is 0 Å². The molecule has 0 spiro atoms. The van der Waals surface area contributed by atoms with Crippen molar-refractivity contribution in [3.05, 3.63) is 0 Å². The summed E-state index contributed by atoms with van der Waals surface area (Å²) in [6.07, 6.45) is 14.2. The number of carbonyl (C=O) groups excluding carboxylic acids is 1. The number of nitrogens with one attached hydrogen (secondary N) is 1. The highest BCUT2D eigenvalue weighted by Gasteiger charge is 2.23. The Morgan fingerprint density at radius 3 is 1.86 bits per heavy atom. The van der Waals surface area contributed by atoms with Gasteiger partial charge in [0.1, 0.15) is 5.88 Å². The molecule has 0 aliphatic carbocycles. The minimum Gasteiger partial charge on any atom is -0.355 e. The van der Waals surface area contributed by atoms with Crippen molar-refractivity contribution in [1.29, 1.82) is 0 Å². The molecule has 1 amide bonds. The third-order valence-electron chi connectivity index (χ3n) is 4.44. The van der Waals surface area contributed by atoms with Crippen molar-refractivity contribution in [3.63, 3.8) is 0 Å². The molecule has 0 bridgehead atoms. The molecule has 0 aromatic heterocycles. The lowest BCUT2D eigenvalue weighted by molar-refractivity contribution is -0.118. The highest BCUT2D eigenvalue weighted by atomic mass is 35.5. The molecule has 1 N–H and O–H groups in total. The number of carbonyl (C=O) groups is 1. The van der Waals surface area contributed by atoms with Gasteiger partial charge in [-0.25, -0.2) is 0 Å². The van der Waals surface area contributed by atoms with E-state index >= 15 is 0 Å². The maximum atomic E-state index is 11.3. The van der Waals surface area contributed by atoms with E-state index in [-0.39, 0.29) is 11.8 Å². The molecule has 0 aromatic rings. The molecule has 0 fully saturated rings. The van der Waals surface area contributed by atoms with Crippen molar-refractivity contribution in [2.45, 2.75) is 91.4 Å². The molecule has 0 unspecified atom stereocenters. The first-order valence-corrected chi connectivity index (χ1v) is 9.44. The first kappa shape index (κ1) is 20.8. The second-order valence-corrected chi connectivity index (χ2v) is 6.93. The number of amides is 1. The summed E-state index contributed by atoms with van der Waals surface area (Å²) in [5, 5.41) is 2.92. The Kier molecular flexibility index (Phi) is 13.3. The van der Waals surface area contributed by atoms with Gasteiger partial charge in [0.2, 0.25) is 5.91 Å². The SMILES string of the molecule is CCCCCCC(C)(CCCCCC)CCNC(=O)CCl. The summed E-state index contributed by atoms with van der Waals surface area (Å²) in [6, 6.07) is 0. The lowest BCUT2D eigenvalue weighted by Crippen LogP contribution is -2.30. The van der Waals surface area contributed by atoms with Crippen molar-refractivity contribution in [2.75, 3.05) is 12.4 Å². The van der Waals surface area contributed by atoms with Crippen LogP contribution in [0.5, 0.6) is 0 Å². The standard InChI is InChI=1S/C18H36ClNO/c1-4-6-8-10-12-18(3,13-11-9-7-5-2)14-15-20-17(21)16-19/h4-16H2,1-3H3,(H,20,21). The van der Waals surface area contributed by atoms with Gasteiger partial charge in [-0.3, -0.25) is 4.79 Å². The number of unbranched alkanes of at least 4 members (excludes halogenated alkanes) is 6. The second kappa shape index (κ2) is 13.4. The number of rotatable bonds is 14. The molecule has 0 aliphatic rings. The summed E-state index contributed by atoms with van der Waals surface area (Å²) in [4.78, 5) is 11.3. The van der Waals surface area contributed by atoms with Crippen LogP contribution in [0.2, 0.25) is 0 Å². The van der Waals surface area contributed by atoms with Crippen LogP contribution >= 0.6 is 11.6 Å². The summed E-state index contributed by atoms with van der Waals surface area (Å²) in [5.41, 5.74) is 0.376. The maximum Gasteiger partial charge on any atom is 0.234 e. The average molecular weight is 318 g/mol. The zero-order chi connectivity index (χ0) is 16.0. The molecule has 3 heteroatoms. The number of halogens is 1. The van der Waals surface area contributed by atoms with Gasteiger partial charge in [0.05, 0.1) is 0 Å². The molecule has 0 radical (unpaired) electrons. The van der Waals surface area contributed by atoms with E-state index in [1.54, 1.807) is 0 Å². The van der Waals surface area contributed by atoms with Crippen molar-refractivity contribution < 1.29 is 4.79 Å². The minimum absolute atomic E-state index is 0.0454. The Labute approximate surface area is 137 Å². The number of alkyl halides is 1. The van der Waals surface area contributed by atoms with Crippen LogP contribution in [0.15, 0.2) is 0 Å². The highest BCUT2D eigenvalue weighted by Crippen LogP contribution is 2.34. The van der Waals surface area contributed by atoms with E-state index in [9.17, 15) is 4.79 Å². The normalized spacial score (nSPS) is 11.6. The zero-order valence-corrected chi connectivity index (χ0v) is 15.2. The van der Waals surface area contributed by atoms with Gasteiger partial charge < -0.3 is 5.32 Å². The molecule has 0 heterocycles. The quantitative estimate of drug-likeness (QED) is 0.324. The van der Waals surface area contributed by atoms with Crippen molar-refractivity contribution in [3.8, 4) is 0 Å². The van der Waals surface area contributed by atoms with Gasteiger partial charge in [-0.05, 0) is 24.7 Å². The lowest BCUT2D eigenvalue weighted by atomic mass is 9.77. The van der Waals surface area contributed by atoms with Crippen LogP contribution in [0, 0.1) is 5.41 Å². The van der Waals surface area contributed by atoms with Crippen molar-refractivity contribution in [2.24, 2.45) is 5.41 Å². The number of hydrogen-bond acceptors (Lipinski definition) is 1. The number of hydrogen-bond donors (Lipinski definition) is 1. The van der Waals surface area contributed by atoms with E-state index in [4.69, 9.17) is 11.6 Å². The fourth-order valence-electron chi connectivity index (χ4n) is 2.88. The van der Waals surface area contributed by atoms with Crippen LogP contribution in [-0.4, -0.2) is 18.3 Å². The van der Waals surface area contributed by atoms with Gasteiger partial charge in [0.15, 0.2) is 0 Å². The monoisotopic (exact) mass is 317 g/mol. The van der Waals surface area contributed by atoms with Crippen LogP contribution in [-0.2, 0) is 4.79 Å².